The maximum atomic E-state index is 14.7. The predicted octanol–water partition coefficient (Wildman–Crippen LogP) is 6.20. The van der Waals surface area contributed by atoms with Gasteiger partial charge in [0.2, 0.25) is 5.91 Å². The zero-order valence-corrected chi connectivity index (χ0v) is 23.2. The van der Waals surface area contributed by atoms with E-state index < -0.39 is 11.9 Å². The van der Waals surface area contributed by atoms with Crippen LogP contribution in [0.25, 0.3) is 0 Å². The number of amides is 2. The quantitative estimate of drug-likeness (QED) is 0.340. The van der Waals surface area contributed by atoms with Gasteiger partial charge < -0.3 is 15.0 Å². The smallest absolute Gasteiger partial charge is 0.261 e. The van der Waals surface area contributed by atoms with Crippen molar-refractivity contribution in [1.82, 2.24) is 10.2 Å². The van der Waals surface area contributed by atoms with Crippen LogP contribution >= 0.6 is 0 Å². The fourth-order valence-corrected chi connectivity index (χ4v) is 5.01. The molecule has 1 aliphatic rings. The van der Waals surface area contributed by atoms with Crippen LogP contribution in [-0.2, 0) is 28.0 Å². The first kappa shape index (κ1) is 28.3. The zero-order chi connectivity index (χ0) is 27.8. The number of ether oxygens (including phenoxy) is 1. The average molecular weight is 531 g/mol. The van der Waals surface area contributed by atoms with Crippen LogP contribution in [0.15, 0.2) is 78.9 Å². The summed E-state index contributed by atoms with van der Waals surface area (Å²) < 4.78 is 20.6. The van der Waals surface area contributed by atoms with Gasteiger partial charge in [-0.15, -0.1) is 0 Å². The molecular weight excluding hydrogens is 491 g/mol. The van der Waals surface area contributed by atoms with Gasteiger partial charge in [-0.25, -0.2) is 4.39 Å². The van der Waals surface area contributed by atoms with E-state index >= 15 is 0 Å². The number of nitrogens with zero attached hydrogens (tertiary/aromatic N) is 1. The standard InChI is InChI=1S/C33H39FN2O3/c1-33(2,3)26-17-19-28(20-18-26)39-23-31(37)36(22-25-13-7-10-16-29(25)34)30(21-24-11-5-4-6-12-24)32(38)35-27-14-8-9-15-27/h4-7,10-13,16-20,27,30H,8-9,14-15,21-23H2,1-3H3,(H,35,38). The van der Waals surface area contributed by atoms with Gasteiger partial charge in [-0.3, -0.25) is 9.59 Å². The van der Waals surface area contributed by atoms with Crippen LogP contribution in [0.2, 0.25) is 0 Å². The summed E-state index contributed by atoms with van der Waals surface area (Å²) in [6, 6.07) is 23.0. The van der Waals surface area contributed by atoms with Crippen LogP contribution in [0.1, 0.15) is 63.1 Å². The summed E-state index contributed by atoms with van der Waals surface area (Å²) in [6.07, 6.45) is 4.33. The number of hydrogen-bond donors (Lipinski definition) is 1. The van der Waals surface area contributed by atoms with Gasteiger partial charge >= 0.3 is 0 Å². The molecule has 39 heavy (non-hydrogen) atoms. The molecule has 0 aliphatic heterocycles. The van der Waals surface area contributed by atoms with Crippen molar-refractivity contribution in [3.8, 4) is 5.75 Å². The van der Waals surface area contributed by atoms with Gasteiger partial charge in [-0.1, -0.05) is 94.3 Å². The lowest BCUT2D eigenvalue weighted by molar-refractivity contribution is -0.143. The number of carbonyl (C=O) groups is 2. The van der Waals surface area contributed by atoms with Crippen LogP contribution < -0.4 is 10.1 Å². The second kappa shape index (κ2) is 12.9. The first-order chi connectivity index (χ1) is 18.7. The molecule has 0 radical (unpaired) electrons. The van der Waals surface area contributed by atoms with Crippen LogP contribution in [0.5, 0.6) is 5.75 Å². The van der Waals surface area contributed by atoms with Gasteiger partial charge in [-0.05, 0) is 47.6 Å². The minimum Gasteiger partial charge on any atom is -0.484 e. The first-order valence-electron chi connectivity index (χ1n) is 13.8. The van der Waals surface area contributed by atoms with Crippen molar-refractivity contribution in [1.29, 1.82) is 0 Å². The van der Waals surface area contributed by atoms with Crippen molar-refractivity contribution in [3.63, 3.8) is 0 Å². The van der Waals surface area contributed by atoms with E-state index in [1.807, 2.05) is 54.6 Å². The van der Waals surface area contributed by atoms with E-state index in [1.165, 1.54) is 11.0 Å². The molecule has 0 heterocycles. The number of nitrogens with one attached hydrogen (secondary N) is 1. The summed E-state index contributed by atoms with van der Waals surface area (Å²) in [4.78, 5) is 28.9. The normalized spacial score (nSPS) is 14.6. The number of carbonyl (C=O) groups excluding carboxylic acids is 2. The molecule has 1 unspecified atom stereocenters. The molecule has 0 aromatic heterocycles. The molecule has 2 amide bonds. The molecule has 1 atom stereocenters. The third-order valence-electron chi connectivity index (χ3n) is 7.35. The number of rotatable bonds is 10. The number of halogens is 1. The fraction of sp³-hybridized carbons (Fsp3) is 0.394. The molecule has 0 saturated heterocycles. The van der Waals surface area contributed by atoms with Crippen LogP contribution in [0, 0.1) is 5.82 Å². The molecule has 1 aliphatic carbocycles. The highest BCUT2D eigenvalue weighted by Crippen LogP contribution is 2.25. The Balaban J connectivity index is 1.59. The van der Waals surface area contributed by atoms with E-state index in [4.69, 9.17) is 4.74 Å². The molecule has 1 saturated carbocycles. The van der Waals surface area contributed by atoms with E-state index in [0.29, 0.717) is 17.7 Å². The van der Waals surface area contributed by atoms with Crippen molar-refractivity contribution in [3.05, 3.63) is 101 Å². The lowest BCUT2D eigenvalue weighted by atomic mass is 9.87. The second-order valence-corrected chi connectivity index (χ2v) is 11.4. The van der Waals surface area contributed by atoms with Crippen LogP contribution in [0.3, 0.4) is 0 Å². The molecule has 4 rings (SSSR count). The minimum absolute atomic E-state index is 0.00223. The third kappa shape index (κ3) is 7.92. The predicted molar refractivity (Wildman–Crippen MR) is 152 cm³/mol. The second-order valence-electron chi connectivity index (χ2n) is 11.4. The average Bonchev–Trinajstić information content (AvgIpc) is 3.43. The highest BCUT2D eigenvalue weighted by Gasteiger charge is 2.33. The van der Waals surface area contributed by atoms with Gasteiger partial charge in [0.25, 0.3) is 5.91 Å². The monoisotopic (exact) mass is 530 g/mol. The Bertz CT molecular complexity index is 1230. The Morgan fingerprint density at radius 3 is 2.23 bits per heavy atom. The van der Waals surface area contributed by atoms with Gasteiger partial charge in [0, 0.05) is 24.6 Å². The molecule has 3 aromatic carbocycles. The molecule has 3 aromatic rings. The first-order valence-corrected chi connectivity index (χ1v) is 13.8. The molecule has 5 nitrogen and oxygen atoms in total. The Morgan fingerprint density at radius 2 is 1.59 bits per heavy atom. The van der Waals surface area contributed by atoms with E-state index in [1.54, 1.807) is 18.2 Å². The summed E-state index contributed by atoms with van der Waals surface area (Å²) in [6.45, 7) is 6.11. The molecule has 206 valence electrons. The van der Waals surface area contributed by atoms with E-state index in [9.17, 15) is 14.0 Å². The Morgan fingerprint density at radius 1 is 0.949 bits per heavy atom. The van der Waals surface area contributed by atoms with Gasteiger partial charge in [0.1, 0.15) is 17.6 Å². The Labute approximate surface area is 231 Å². The largest absolute Gasteiger partial charge is 0.484 e. The zero-order valence-electron chi connectivity index (χ0n) is 23.2. The third-order valence-corrected chi connectivity index (χ3v) is 7.35. The van der Waals surface area contributed by atoms with Crippen LogP contribution in [0.4, 0.5) is 4.39 Å². The summed E-state index contributed by atoms with van der Waals surface area (Å²) in [7, 11) is 0. The highest BCUT2D eigenvalue weighted by atomic mass is 19.1. The van der Waals surface area contributed by atoms with Crippen molar-refractivity contribution in [2.45, 2.75) is 76.9 Å². The molecular formula is C33H39FN2O3. The lowest BCUT2D eigenvalue weighted by Crippen LogP contribution is -2.53. The van der Waals surface area contributed by atoms with Crippen molar-refractivity contribution < 1.29 is 18.7 Å². The van der Waals surface area contributed by atoms with Crippen molar-refractivity contribution >= 4 is 11.8 Å². The van der Waals surface area contributed by atoms with Crippen molar-refractivity contribution in [2.75, 3.05) is 6.61 Å². The Kier molecular flexibility index (Phi) is 9.39. The Hall–Kier alpha value is -3.67. The summed E-state index contributed by atoms with van der Waals surface area (Å²) in [5.74, 6) is -0.438. The van der Waals surface area contributed by atoms with E-state index in [2.05, 4.69) is 26.1 Å². The number of benzene rings is 3. The molecule has 6 heteroatoms. The lowest BCUT2D eigenvalue weighted by Gasteiger charge is -2.32. The summed E-state index contributed by atoms with van der Waals surface area (Å²) in [5.41, 5.74) is 2.44. The maximum Gasteiger partial charge on any atom is 0.261 e. The molecule has 1 N–H and O–H groups in total. The van der Waals surface area contributed by atoms with Crippen molar-refractivity contribution in [2.24, 2.45) is 0 Å². The van der Waals surface area contributed by atoms with E-state index in [0.717, 1.165) is 36.8 Å². The topological polar surface area (TPSA) is 58.6 Å². The molecule has 0 spiro atoms. The highest BCUT2D eigenvalue weighted by molar-refractivity contribution is 5.88. The van der Waals surface area contributed by atoms with Crippen LogP contribution in [-0.4, -0.2) is 35.4 Å². The van der Waals surface area contributed by atoms with E-state index in [-0.39, 0.29) is 36.4 Å². The van der Waals surface area contributed by atoms with Gasteiger partial charge in [0.05, 0.1) is 0 Å². The minimum atomic E-state index is -0.813. The summed E-state index contributed by atoms with van der Waals surface area (Å²) >= 11 is 0. The maximum absolute atomic E-state index is 14.7. The van der Waals surface area contributed by atoms with Gasteiger partial charge in [-0.2, -0.15) is 0 Å². The molecule has 0 bridgehead atoms. The van der Waals surface area contributed by atoms with Gasteiger partial charge in [0.15, 0.2) is 6.61 Å². The SMILES string of the molecule is CC(C)(C)c1ccc(OCC(=O)N(Cc2ccccc2F)C(Cc2ccccc2)C(=O)NC2CCCC2)cc1. The number of hydrogen-bond acceptors (Lipinski definition) is 3. The fourth-order valence-electron chi connectivity index (χ4n) is 5.01. The molecule has 1 fully saturated rings. The summed E-state index contributed by atoms with van der Waals surface area (Å²) in [5, 5.41) is 3.16.